The Labute approximate surface area is 248 Å². The maximum absolute atomic E-state index is 12.4. The molecule has 0 saturated heterocycles. The third-order valence-corrected chi connectivity index (χ3v) is 12.3. The Morgan fingerprint density at radius 1 is 0.714 bits per heavy atom. The molecule has 5 saturated carbocycles. The Morgan fingerprint density at radius 2 is 1.31 bits per heavy atom. The highest BCUT2D eigenvalue weighted by molar-refractivity contribution is 7.86. The minimum Gasteiger partial charge on any atom is -0.390 e. The van der Waals surface area contributed by atoms with Crippen molar-refractivity contribution in [3.8, 4) is 0 Å². The number of hydrogen-bond donors (Lipinski definition) is 5. The van der Waals surface area contributed by atoms with Crippen LogP contribution in [0.15, 0.2) is 20.5 Å². The molecule has 12 atom stereocenters. The second kappa shape index (κ2) is 14.3. The van der Waals surface area contributed by atoms with Crippen molar-refractivity contribution in [1.82, 2.24) is 0 Å². The van der Waals surface area contributed by atoms with Gasteiger partial charge in [0.25, 0.3) is 10.1 Å². The molecule has 0 aromatic heterocycles. The zero-order valence-electron chi connectivity index (χ0n) is 24.3. The molecule has 0 heterocycles. The van der Waals surface area contributed by atoms with Crippen molar-refractivity contribution < 1.29 is 38.4 Å². The van der Waals surface area contributed by atoms with E-state index in [1.54, 1.807) is 0 Å². The van der Waals surface area contributed by atoms with Crippen LogP contribution in [-0.4, -0.2) is 83.4 Å². The lowest BCUT2D eigenvalue weighted by Crippen LogP contribution is -2.55. The van der Waals surface area contributed by atoms with Crippen molar-refractivity contribution in [2.45, 2.75) is 125 Å². The van der Waals surface area contributed by atoms with Crippen LogP contribution < -0.4 is 5.73 Å². The zero-order valence-corrected chi connectivity index (χ0v) is 25.1. The van der Waals surface area contributed by atoms with Crippen LogP contribution in [0.4, 0.5) is 0 Å². The SMILES string of the molecule is NC1CCC2CC(S(=O)(=O)O)C(N=NC3CCC(N=NC4CC(COO)CC(COO)C4)C4CCCCC34)C(O)C2C1. The van der Waals surface area contributed by atoms with E-state index < -0.39 is 27.5 Å². The number of nitrogens with zero attached hydrogens (tertiary/aromatic N) is 4. The lowest BCUT2D eigenvalue weighted by atomic mass is 9.66. The summed E-state index contributed by atoms with van der Waals surface area (Å²) in [4.78, 5) is 8.80. The molecule has 5 aliphatic rings. The predicted molar refractivity (Wildman–Crippen MR) is 152 cm³/mol. The minimum atomic E-state index is -4.41. The van der Waals surface area contributed by atoms with Crippen LogP contribution in [0.5, 0.6) is 0 Å². The Hall–Kier alpha value is -1.13. The molecule has 240 valence electrons. The Kier molecular flexibility index (Phi) is 11.0. The quantitative estimate of drug-likeness (QED) is 0.109. The molecule has 0 aliphatic heterocycles. The number of fused-ring (bicyclic) bond motifs is 2. The van der Waals surface area contributed by atoms with Crippen molar-refractivity contribution in [3.63, 3.8) is 0 Å². The average Bonchev–Trinajstić information content (AvgIpc) is 2.96. The molecule has 5 fully saturated rings. The summed E-state index contributed by atoms with van der Waals surface area (Å²) in [6, 6.07) is -1.07. The summed E-state index contributed by atoms with van der Waals surface area (Å²) in [7, 11) is -4.41. The summed E-state index contributed by atoms with van der Waals surface area (Å²) in [5.74, 6) is 0.648. The van der Waals surface area contributed by atoms with Gasteiger partial charge in [-0.05, 0) is 106 Å². The fraction of sp³-hybridized carbons (Fsp3) is 1.00. The molecular formula is C28H49N5O8S. The van der Waals surface area contributed by atoms with Gasteiger partial charge < -0.3 is 10.8 Å². The largest absolute Gasteiger partial charge is 0.390 e. The first kappa shape index (κ1) is 32.3. The summed E-state index contributed by atoms with van der Waals surface area (Å²) < 4.78 is 34.8. The standard InChI is InChI=1S/C28H49N5O8S/c29-19-6-5-18-12-26(42(37,38)39)27(28(34)23(18)13-19)33-32-25-8-7-24(21-3-1-2-4-22(21)25)31-30-20-10-16(14-40-35)9-17(11-20)15-41-36/h16-28,34-36H,1-15,29H2,(H,37,38,39). The van der Waals surface area contributed by atoms with Crippen LogP contribution in [0.25, 0.3) is 0 Å². The van der Waals surface area contributed by atoms with E-state index in [2.05, 4.69) is 14.9 Å². The van der Waals surface area contributed by atoms with Crippen LogP contribution in [0.2, 0.25) is 0 Å². The van der Waals surface area contributed by atoms with Crippen molar-refractivity contribution in [1.29, 1.82) is 0 Å². The van der Waals surface area contributed by atoms with Gasteiger partial charge in [0.2, 0.25) is 0 Å². The number of aliphatic hydroxyl groups excluding tert-OH is 1. The van der Waals surface area contributed by atoms with Gasteiger partial charge in [-0.2, -0.15) is 28.9 Å². The van der Waals surface area contributed by atoms with E-state index in [1.807, 2.05) is 0 Å². The van der Waals surface area contributed by atoms with Gasteiger partial charge in [-0.3, -0.25) is 15.1 Å². The first-order valence-corrected chi connectivity index (χ1v) is 17.4. The molecule has 0 aromatic carbocycles. The normalized spacial score (nSPS) is 45.1. The van der Waals surface area contributed by atoms with Crippen LogP contribution in [0.1, 0.15) is 83.5 Å². The van der Waals surface area contributed by atoms with Crippen molar-refractivity contribution in [2.75, 3.05) is 13.2 Å². The fourth-order valence-electron chi connectivity index (χ4n) is 9.01. The molecular weight excluding hydrogens is 566 g/mol. The Morgan fingerprint density at radius 3 is 1.88 bits per heavy atom. The Bertz CT molecular complexity index is 1040. The monoisotopic (exact) mass is 615 g/mol. The second-order valence-corrected chi connectivity index (χ2v) is 15.4. The third-order valence-electron chi connectivity index (χ3n) is 11.0. The van der Waals surface area contributed by atoms with Crippen LogP contribution in [0, 0.1) is 35.5 Å². The lowest BCUT2D eigenvalue weighted by Gasteiger charge is -2.46. The highest BCUT2D eigenvalue weighted by atomic mass is 32.2. The highest BCUT2D eigenvalue weighted by Crippen LogP contribution is 2.46. The summed E-state index contributed by atoms with van der Waals surface area (Å²) in [6.45, 7) is 0.439. The van der Waals surface area contributed by atoms with Gasteiger partial charge >= 0.3 is 0 Å². The number of rotatable bonds is 9. The maximum Gasteiger partial charge on any atom is 0.270 e. The van der Waals surface area contributed by atoms with Gasteiger partial charge in [0.1, 0.15) is 11.3 Å². The number of aliphatic hydroxyl groups is 1. The summed E-state index contributed by atoms with van der Waals surface area (Å²) in [6.07, 6.45) is 9.49. The predicted octanol–water partition coefficient (Wildman–Crippen LogP) is 4.13. The maximum atomic E-state index is 12.4. The third kappa shape index (κ3) is 7.56. The molecule has 42 heavy (non-hydrogen) atoms. The molecule has 0 aromatic rings. The summed E-state index contributed by atoms with van der Waals surface area (Å²) in [5.41, 5.74) is 6.18. The molecule has 5 aliphatic carbocycles. The highest BCUT2D eigenvalue weighted by Gasteiger charge is 2.51. The first-order chi connectivity index (χ1) is 20.2. The van der Waals surface area contributed by atoms with Crippen LogP contribution >= 0.6 is 0 Å². The molecule has 6 N–H and O–H groups in total. The number of azo groups is 2. The zero-order chi connectivity index (χ0) is 29.9. The second-order valence-electron chi connectivity index (χ2n) is 13.7. The van der Waals surface area contributed by atoms with Gasteiger partial charge in [0.15, 0.2) is 0 Å². The van der Waals surface area contributed by atoms with E-state index in [0.717, 1.165) is 70.6 Å². The molecule has 12 unspecified atom stereocenters. The molecule has 14 heteroatoms. The van der Waals surface area contributed by atoms with Gasteiger partial charge in [-0.25, -0.2) is 9.78 Å². The number of hydrogen-bond acceptors (Lipinski definition) is 12. The van der Waals surface area contributed by atoms with Gasteiger partial charge in [0, 0.05) is 6.04 Å². The molecule has 0 spiro atoms. The van der Waals surface area contributed by atoms with E-state index in [4.69, 9.17) is 31.6 Å². The minimum absolute atomic E-state index is 0.00348. The molecule has 13 nitrogen and oxygen atoms in total. The van der Waals surface area contributed by atoms with Crippen LogP contribution in [-0.2, 0) is 19.9 Å². The smallest absolute Gasteiger partial charge is 0.270 e. The van der Waals surface area contributed by atoms with E-state index in [1.165, 1.54) is 0 Å². The first-order valence-electron chi connectivity index (χ1n) is 15.9. The van der Waals surface area contributed by atoms with E-state index in [-0.39, 0.29) is 73.4 Å². The van der Waals surface area contributed by atoms with E-state index in [0.29, 0.717) is 12.3 Å². The van der Waals surface area contributed by atoms with Crippen molar-refractivity contribution in [3.05, 3.63) is 0 Å². The fourth-order valence-corrected chi connectivity index (χ4v) is 10.1. The molecule has 5 rings (SSSR count). The van der Waals surface area contributed by atoms with Crippen molar-refractivity contribution in [2.24, 2.45) is 61.7 Å². The lowest BCUT2D eigenvalue weighted by molar-refractivity contribution is -0.263. The van der Waals surface area contributed by atoms with Gasteiger partial charge in [-0.15, -0.1) is 0 Å². The topological polar surface area (TPSA) is 209 Å². The average molecular weight is 616 g/mol. The van der Waals surface area contributed by atoms with E-state index >= 15 is 0 Å². The summed E-state index contributed by atoms with van der Waals surface area (Å²) >= 11 is 0. The van der Waals surface area contributed by atoms with Gasteiger partial charge in [0.05, 0.1) is 37.4 Å². The molecule has 0 bridgehead atoms. The Balaban J connectivity index is 1.27. The van der Waals surface area contributed by atoms with Crippen LogP contribution in [0.3, 0.4) is 0 Å². The van der Waals surface area contributed by atoms with E-state index in [9.17, 15) is 18.1 Å². The van der Waals surface area contributed by atoms with Crippen molar-refractivity contribution >= 4 is 10.1 Å². The molecule has 0 radical (unpaired) electrons. The molecule has 0 amide bonds. The summed E-state index contributed by atoms with van der Waals surface area (Å²) in [5, 5.41) is 46.9. The number of nitrogens with two attached hydrogens (primary N) is 1. The van der Waals surface area contributed by atoms with Gasteiger partial charge in [-0.1, -0.05) is 12.8 Å².